The highest BCUT2D eigenvalue weighted by Gasteiger charge is 2.23. The number of aromatic hydroxyl groups is 1. The Hall–Kier alpha value is -2.70. The number of carbonyl (C=O) groups is 1. The number of halogens is 3. The Bertz CT molecular complexity index is 1160. The first-order valence-corrected chi connectivity index (χ1v) is 11.0. The normalized spacial score (nSPS) is 14.5. The van der Waals surface area contributed by atoms with E-state index in [-0.39, 0.29) is 17.3 Å². The lowest BCUT2D eigenvalue weighted by Crippen LogP contribution is -2.10. The lowest BCUT2D eigenvalue weighted by Gasteiger charge is -2.13. The van der Waals surface area contributed by atoms with E-state index in [0.717, 1.165) is 30.4 Å². The van der Waals surface area contributed by atoms with Crippen molar-refractivity contribution in [1.29, 1.82) is 0 Å². The third-order valence-electron chi connectivity index (χ3n) is 5.11. The first-order valence-electron chi connectivity index (χ1n) is 9.71. The van der Waals surface area contributed by atoms with Gasteiger partial charge in [0.2, 0.25) is 0 Å². The van der Waals surface area contributed by atoms with Gasteiger partial charge in [-0.25, -0.2) is 14.2 Å². The summed E-state index contributed by atoms with van der Waals surface area (Å²) in [6, 6.07) is 15.8. The van der Waals surface area contributed by atoms with Crippen LogP contribution < -0.4 is 0 Å². The molecule has 1 aromatic heterocycles. The highest BCUT2D eigenvalue weighted by atomic mass is 79.9. The average molecular weight is 503 g/mol. The van der Waals surface area contributed by atoms with Gasteiger partial charge in [0.25, 0.3) is 0 Å². The lowest BCUT2D eigenvalue weighted by molar-refractivity contribution is 0.0460. The van der Waals surface area contributed by atoms with Gasteiger partial charge in [-0.2, -0.15) is 0 Å². The van der Waals surface area contributed by atoms with Crippen LogP contribution in [0.3, 0.4) is 0 Å². The van der Waals surface area contributed by atoms with Crippen molar-refractivity contribution >= 4 is 44.6 Å². The van der Waals surface area contributed by atoms with Crippen LogP contribution in [0.2, 0.25) is 5.02 Å². The molecule has 2 aromatic carbocycles. The smallest absolute Gasteiger partial charge is 0.358 e. The number of benzene rings is 2. The Kier molecular flexibility index (Phi) is 6.39. The van der Waals surface area contributed by atoms with Crippen LogP contribution in [0, 0.1) is 5.82 Å². The number of phenolic OH excluding ortho intramolecular Hbond substituents is 1. The maximum Gasteiger partial charge on any atom is 0.358 e. The first-order chi connectivity index (χ1) is 14.9. The first kappa shape index (κ1) is 21.5. The van der Waals surface area contributed by atoms with Crippen LogP contribution in [0.1, 0.15) is 51.6 Å². The predicted octanol–water partition coefficient (Wildman–Crippen LogP) is 6.92. The van der Waals surface area contributed by atoms with Crippen molar-refractivity contribution in [1.82, 2.24) is 4.98 Å². The zero-order valence-electron chi connectivity index (χ0n) is 16.3. The Morgan fingerprint density at radius 3 is 2.61 bits per heavy atom. The number of ether oxygens (including phenoxy) is 1. The van der Waals surface area contributed by atoms with E-state index < -0.39 is 11.0 Å². The second kappa shape index (κ2) is 9.20. The third-order valence-corrected chi connectivity index (χ3v) is 6.06. The number of nitrogens with zero attached hydrogens (tertiary/aromatic N) is 1. The summed E-state index contributed by atoms with van der Waals surface area (Å²) in [5.41, 5.74) is 4.07. The van der Waals surface area contributed by atoms with Gasteiger partial charge >= 0.3 is 5.97 Å². The zero-order chi connectivity index (χ0) is 22.0. The van der Waals surface area contributed by atoms with E-state index in [4.69, 9.17) is 16.3 Å². The van der Waals surface area contributed by atoms with Crippen molar-refractivity contribution in [3.63, 3.8) is 0 Å². The second-order valence-electron chi connectivity index (χ2n) is 7.15. The quantitative estimate of drug-likeness (QED) is 0.304. The maximum absolute atomic E-state index is 13.1. The molecule has 1 unspecified atom stereocenters. The molecule has 3 aromatic rings. The number of hydrogen-bond acceptors (Lipinski definition) is 4. The summed E-state index contributed by atoms with van der Waals surface area (Å²) >= 11 is 9.43. The molecular weight excluding hydrogens is 485 g/mol. The fraction of sp³-hybridized carbons (Fsp3) is 0.167. The summed E-state index contributed by atoms with van der Waals surface area (Å²) in [5.74, 6) is -0.801. The number of allylic oxidation sites excluding steroid dienone is 2. The highest BCUT2D eigenvalue weighted by molar-refractivity contribution is 9.09. The molecule has 0 fully saturated rings. The van der Waals surface area contributed by atoms with Crippen molar-refractivity contribution in [2.75, 3.05) is 0 Å². The van der Waals surface area contributed by atoms with E-state index in [1.54, 1.807) is 42.5 Å². The minimum Gasteiger partial charge on any atom is -0.507 e. The van der Waals surface area contributed by atoms with Crippen LogP contribution in [0.4, 0.5) is 4.39 Å². The molecule has 4 rings (SSSR count). The summed E-state index contributed by atoms with van der Waals surface area (Å²) in [5, 5.41) is 10.1. The molecular formula is C24H18BrClFNO3. The van der Waals surface area contributed by atoms with Crippen molar-refractivity contribution in [2.45, 2.75) is 24.3 Å². The Morgan fingerprint density at radius 1 is 1.10 bits per heavy atom. The minimum atomic E-state index is -0.726. The molecule has 0 amide bonds. The van der Waals surface area contributed by atoms with Gasteiger partial charge in [0.1, 0.15) is 17.3 Å². The van der Waals surface area contributed by atoms with E-state index in [9.17, 15) is 14.3 Å². The number of rotatable bonds is 5. The molecule has 1 atom stereocenters. The number of phenols is 1. The fourth-order valence-corrected chi connectivity index (χ4v) is 4.27. The van der Waals surface area contributed by atoms with Gasteiger partial charge in [0, 0.05) is 16.1 Å². The van der Waals surface area contributed by atoms with Crippen LogP contribution in [0.15, 0.2) is 60.7 Å². The molecule has 0 spiro atoms. The minimum absolute atomic E-state index is 0.163. The number of pyridine rings is 1. The SMILES string of the molecule is O=C(OC(Br)c1ccc(F)cc1)c1cccc(C2=C(c3cc(Cl)ccc3O)CCC2)n1. The van der Waals surface area contributed by atoms with Gasteiger partial charge in [-0.1, -0.05) is 29.8 Å². The summed E-state index contributed by atoms with van der Waals surface area (Å²) in [6.07, 6.45) is 2.48. The fourth-order valence-electron chi connectivity index (χ4n) is 3.63. The molecule has 4 nitrogen and oxygen atoms in total. The Morgan fingerprint density at radius 2 is 1.84 bits per heavy atom. The second-order valence-corrected chi connectivity index (χ2v) is 8.42. The number of hydrogen-bond donors (Lipinski definition) is 1. The predicted molar refractivity (Wildman–Crippen MR) is 122 cm³/mol. The Labute approximate surface area is 192 Å². The van der Waals surface area contributed by atoms with Crippen molar-refractivity contribution < 1.29 is 19.0 Å². The van der Waals surface area contributed by atoms with Crippen LogP contribution in [-0.4, -0.2) is 16.1 Å². The zero-order valence-corrected chi connectivity index (χ0v) is 18.7. The van der Waals surface area contributed by atoms with E-state index >= 15 is 0 Å². The van der Waals surface area contributed by atoms with Gasteiger partial charge < -0.3 is 9.84 Å². The summed E-state index contributed by atoms with van der Waals surface area (Å²) in [6.45, 7) is 0. The van der Waals surface area contributed by atoms with Gasteiger partial charge in [-0.05, 0) is 88.8 Å². The van der Waals surface area contributed by atoms with E-state index in [1.807, 2.05) is 6.07 Å². The number of aromatic nitrogens is 1. The van der Waals surface area contributed by atoms with Gasteiger partial charge in [0.15, 0.2) is 5.01 Å². The summed E-state index contributed by atoms with van der Waals surface area (Å²) in [7, 11) is 0. The van der Waals surface area contributed by atoms with Crippen molar-refractivity contribution in [2.24, 2.45) is 0 Å². The van der Waals surface area contributed by atoms with Gasteiger partial charge in [-0.15, -0.1) is 0 Å². The monoisotopic (exact) mass is 501 g/mol. The molecule has 1 N–H and O–H groups in total. The van der Waals surface area contributed by atoms with E-state index in [1.165, 1.54) is 12.1 Å². The standard InChI is InChI=1S/C24H18BrClFNO3/c25-23(14-7-10-16(27)11-8-14)31-24(30)21-6-2-5-20(28-21)18-4-1-3-17(18)19-13-15(26)9-12-22(19)29/h2,5-13,23,29H,1,3-4H2. The molecule has 0 radical (unpaired) electrons. The summed E-state index contributed by atoms with van der Waals surface area (Å²) < 4.78 is 18.6. The average Bonchev–Trinajstić information content (AvgIpc) is 3.25. The topological polar surface area (TPSA) is 59.4 Å². The molecule has 0 aliphatic heterocycles. The van der Waals surface area contributed by atoms with Crippen LogP contribution in [0.5, 0.6) is 5.75 Å². The number of esters is 1. The van der Waals surface area contributed by atoms with Crippen LogP contribution >= 0.6 is 27.5 Å². The molecule has 0 saturated carbocycles. The Balaban J connectivity index is 1.61. The molecule has 1 aliphatic rings. The van der Waals surface area contributed by atoms with Gasteiger partial charge in [0.05, 0.1) is 5.69 Å². The van der Waals surface area contributed by atoms with E-state index in [0.29, 0.717) is 21.8 Å². The maximum atomic E-state index is 13.1. The molecule has 1 aliphatic carbocycles. The molecule has 1 heterocycles. The van der Waals surface area contributed by atoms with Crippen LogP contribution in [-0.2, 0) is 4.74 Å². The number of carbonyl (C=O) groups excluding carboxylic acids is 1. The molecule has 158 valence electrons. The van der Waals surface area contributed by atoms with Crippen LogP contribution in [0.25, 0.3) is 11.1 Å². The number of alkyl halides is 1. The highest BCUT2D eigenvalue weighted by Crippen LogP contribution is 2.42. The molecule has 0 saturated heterocycles. The molecule has 31 heavy (non-hydrogen) atoms. The van der Waals surface area contributed by atoms with Crippen molar-refractivity contribution in [3.8, 4) is 5.75 Å². The lowest BCUT2D eigenvalue weighted by atomic mass is 9.99. The van der Waals surface area contributed by atoms with Gasteiger partial charge in [-0.3, -0.25) is 0 Å². The third kappa shape index (κ3) is 4.81. The van der Waals surface area contributed by atoms with Crippen molar-refractivity contribution in [3.05, 3.63) is 94.0 Å². The summed E-state index contributed by atoms with van der Waals surface area (Å²) in [4.78, 5) is 17.2. The van der Waals surface area contributed by atoms with E-state index in [2.05, 4.69) is 20.9 Å². The molecule has 7 heteroatoms. The largest absolute Gasteiger partial charge is 0.507 e. The molecule has 0 bridgehead atoms.